The van der Waals surface area contributed by atoms with Gasteiger partial charge in [0.15, 0.2) is 0 Å². The van der Waals surface area contributed by atoms with Crippen LogP contribution < -0.4 is 10.1 Å². The summed E-state index contributed by atoms with van der Waals surface area (Å²) in [5.41, 5.74) is 2.42. The molecule has 21 heavy (non-hydrogen) atoms. The Bertz CT molecular complexity index is 565. The van der Waals surface area contributed by atoms with Gasteiger partial charge in [0.05, 0.1) is 13.3 Å². The van der Waals surface area contributed by atoms with Crippen molar-refractivity contribution in [3.05, 3.63) is 47.8 Å². The first-order chi connectivity index (χ1) is 10.2. The van der Waals surface area contributed by atoms with Crippen LogP contribution in [-0.2, 0) is 6.54 Å². The van der Waals surface area contributed by atoms with Gasteiger partial charge in [-0.1, -0.05) is 25.1 Å². The van der Waals surface area contributed by atoms with Gasteiger partial charge in [0, 0.05) is 36.0 Å². The first-order valence-corrected chi connectivity index (χ1v) is 7.60. The fourth-order valence-corrected chi connectivity index (χ4v) is 2.56. The molecule has 0 spiro atoms. The zero-order valence-corrected chi connectivity index (χ0v) is 13.3. The quantitative estimate of drug-likeness (QED) is 0.843. The van der Waals surface area contributed by atoms with Crippen LogP contribution in [0.4, 0.5) is 0 Å². The molecule has 4 nitrogen and oxygen atoms in total. The third-order valence-corrected chi connectivity index (χ3v) is 3.85. The molecule has 0 aliphatic rings. The minimum atomic E-state index is 0.250. The molecule has 2 aromatic rings. The third kappa shape index (κ3) is 3.64. The van der Waals surface area contributed by atoms with Gasteiger partial charge in [-0.2, -0.15) is 5.10 Å². The van der Waals surface area contributed by atoms with Crippen molar-refractivity contribution in [2.24, 2.45) is 0 Å². The van der Waals surface area contributed by atoms with Gasteiger partial charge in [-0.25, -0.2) is 0 Å². The second-order valence-corrected chi connectivity index (χ2v) is 5.22. The van der Waals surface area contributed by atoms with Crippen LogP contribution in [0.2, 0.25) is 0 Å². The number of nitrogens with zero attached hydrogens (tertiary/aromatic N) is 2. The lowest BCUT2D eigenvalue weighted by molar-refractivity contribution is 0.388. The van der Waals surface area contributed by atoms with Gasteiger partial charge in [0.1, 0.15) is 5.75 Å². The van der Waals surface area contributed by atoms with Crippen molar-refractivity contribution in [2.75, 3.05) is 7.11 Å². The molecule has 1 heterocycles. The number of ether oxygens (including phenoxy) is 1. The van der Waals surface area contributed by atoms with Crippen molar-refractivity contribution >= 4 is 0 Å². The second-order valence-electron chi connectivity index (χ2n) is 5.22. The summed E-state index contributed by atoms with van der Waals surface area (Å²) in [6.07, 6.45) is 5.05. The Morgan fingerprint density at radius 2 is 2.05 bits per heavy atom. The molecule has 4 heteroatoms. The number of benzene rings is 1. The summed E-state index contributed by atoms with van der Waals surface area (Å²) < 4.78 is 7.44. The Balaban J connectivity index is 2.14. The lowest BCUT2D eigenvalue weighted by Gasteiger charge is -2.23. The molecule has 0 aliphatic heterocycles. The fourth-order valence-electron chi connectivity index (χ4n) is 2.56. The van der Waals surface area contributed by atoms with Gasteiger partial charge in [0.25, 0.3) is 0 Å². The van der Waals surface area contributed by atoms with Crippen molar-refractivity contribution < 1.29 is 4.74 Å². The normalized spacial score (nSPS) is 13.9. The van der Waals surface area contributed by atoms with E-state index in [1.54, 1.807) is 7.11 Å². The van der Waals surface area contributed by atoms with Crippen molar-refractivity contribution in [2.45, 2.75) is 45.8 Å². The van der Waals surface area contributed by atoms with Crippen molar-refractivity contribution in [1.29, 1.82) is 0 Å². The highest BCUT2D eigenvalue weighted by Crippen LogP contribution is 2.29. The van der Waals surface area contributed by atoms with Crippen molar-refractivity contribution in [1.82, 2.24) is 15.1 Å². The number of hydrogen-bond donors (Lipinski definition) is 1. The van der Waals surface area contributed by atoms with Crippen LogP contribution in [0.3, 0.4) is 0 Å². The number of rotatable bonds is 7. The third-order valence-electron chi connectivity index (χ3n) is 3.85. The molecule has 0 aliphatic carbocycles. The average molecular weight is 287 g/mol. The van der Waals surface area contributed by atoms with Crippen molar-refractivity contribution in [3.8, 4) is 5.75 Å². The van der Waals surface area contributed by atoms with Gasteiger partial charge in [-0.3, -0.25) is 4.68 Å². The molecule has 0 amide bonds. The molecule has 2 unspecified atom stereocenters. The SMILES string of the molecule is CCC(NC(C)c1cnn(CC)c1)c1ccccc1OC. The molecule has 0 saturated heterocycles. The molecule has 1 N–H and O–H groups in total. The number of aryl methyl sites for hydroxylation is 1. The fraction of sp³-hybridized carbons (Fsp3) is 0.471. The molecule has 0 radical (unpaired) electrons. The highest BCUT2D eigenvalue weighted by molar-refractivity contribution is 5.36. The summed E-state index contributed by atoms with van der Waals surface area (Å²) in [6, 6.07) is 8.72. The van der Waals surface area contributed by atoms with E-state index in [-0.39, 0.29) is 12.1 Å². The number of methoxy groups -OCH3 is 1. The maximum atomic E-state index is 5.48. The summed E-state index contributed by atoms with van der Waals surface area (Å²) >= 11 is 0. The smallest absolute Gasteiger partial charge is 0.123 e. The molecular formula is C17H25N3O. The molecule has 2 atom stereocenters. The van der Waals surface area contributed by atoms with E-state index in [0.717, 1.165) is 18.7 Å². The van der Waals surface area contributed by atoms with Gasteiger partial charge in [0.2, 0.25) is 0 Å². The zero-order valence-electron chi connectivity index (χ0n) is 13.3. The monoisotopic (exact) mass is 287 g/mol. The zero-order chi connectivity index (χ0) is 15.2. The van der Waals surface area contributed by atoms with E-state index in [1.165, 1.54) is 11.1 Å². The largest absolute Gasteiger partial charge is 0.496 e. The summed E-state index contributed by atoms with van der Waals surface area (Å²) in [5, 5.41) is 8.03. The number of nitrogens with one attached hydrogen (secondary N) is 1. The molecule has 2 rings (SSSR count). The minimum Gasteiger partial charge on any atom is -0.496 e. The van der Waals surface area contributed by atoms with Crippen LogP contribution in [0.5, 0.6) is 5.75 Å². The van der Waals surface area contributed by atoms with E-state index in [2.05, 4.69) is 49.5 Å². The predicted octanol–water partition coefficient (Wildman–Crippen LogP) is 3.71. The topological polar surface area (TPSA) is 39.1 Å². The Hall–Kier alpha value is -1.81. The van der Waals surface area contributed by atoms with Gasteiger partial charge < -0.3 is 10.1 Å². The maximum absolute atomic E-state index is 5.48. The summed E-state index contributed by atoms with van der Waals surface area (Å²) in [4.78, 5) is 0. The molecular weight excluding hydrogens is 262 g/mol. The summed E-state index contributed by atoms with van der Waals surface area (Å²) in [7, 11) is 1.72. The van der Waals surface area contributed by atoms with E-state index >= 15 is 0 Å². The summed E-state index contributed by atoms with van der Waals surface area (Å²) in [6.45, 7) is 7.36. The minimum absolute atomic E-state index is 0.250. The highest BCUT2D eigenvalue weighted by Gasteiger charge is 2.17. The summed E-state index contributed by atoms with van der Waals surface area (Å²) in [5.74, 6) is 0.938. The maximum Gasteiger partial charge on any atom is 0.123 e. The van der Waals surface area contributed by atoms with E-state index in [0.29, 0.717) is 0 Å². The molecule has 114 valence electrons. The first-order valence-electron chi connectivity index (χ1n) is 7.60. The molecule has 0 fully saturated rings. The lowest BCUT2D eigenvalue weighted by Crippen LogP contribution is -2.24. The average Bonchev–Trinajstić information content (AvgIpc) is 3.01. The van der Waals surface area contributed by atoms with Crippen molar-refractivity contribution in [3.63, 3.8) is 0 Å². The van der Waals surface area contributed by atoms with E-state index in [1.807, 2.05) is 23.0 Å². The molecule has 1 aromatic carbocycles. The van der Waals surface area contributed by atoms with Crippen LogP contribution in [0, 0.1) is 0 Å². The van der Waals surface area contributed by atoms with Gasteiger partial charge in [-0.15, -0.1) is 0 Å². The van der Waals surface area contributed by atoms with Gasteiger partial charge >= 0.3 is 0 Å². The Morgan fingerprint density at radius 1 is 1.29 bits per heavy atom. The molecule has 1 aromatic heterocycles. The van der Waals surface area contributed by atoms with Crippen LogP contribution in [0.25, 0.3) is 0 Å². The van der Waals surface area contributed by atoms with Gasteiger partial charge in [-0.05, 0) is 26.3 Å². The Kier molecular flexibility index (Phi) is 5.39. The van der Waals surface area contributed by atoms with E-state index in [4.69, 9.17) is 4.74 Å². The standard InChI is InChI=1S/C17H25N3O/c1-5-16(15-9-7-8-10-17(15)21-4)19-13(3)14-11-18-20(6-2)12-14/h7-13,16,19H,5-6H2,1-4H3. The highest BCUT2D eigenvalue weighted by atomic mass is 16.5. The number of para-hydroxylation sites is 1. The van der Waals surface area contributed by atoms with Crippen LogP contribution in [0.1, 0.15) is 50.4 Å². The van der Waals surface area contributed by atoms with E-state index in [9.17, 15) is 0 Å². The van der Waals surface area contributed by atoms with Crippen LogP contribution in [-0.4, -0.2) is 16.9 Å². The molecule has 0 saturated carbocycles. The number of hydrogen-bond acceptors (Lipinski definition) is 3. The first kappa shape index (κ1) is 15.6. The lowest BCUT2D eigenvalue weighted by atomic mass is 10.0. The van der Waals surface area contributed by atoms with E-state index < -0.39 is 0 Å². The van der Waals surface area contributed by atoms with Crippen LogP contribution >= 0.6 is 0 Å². The second kappa shape index (κ2) is 7.27. The number of aromatic nitrogens is 2. The molecule has 0 bridgehead atoms. The van der Waals surface area contributed by atoms with Crippen LogP contribution in [0.15, 0.2) is 36.7 Å². The predicted molar refractivity (Wildman–Crippen MR) is 85.5 cm³/mol. The Labute approximate surface area is 127 Å². The Morgan fingerprint density at radius 3 is 2.67 bits per heavy atom.